The van der Waals surface area contributed by atoms with Crippen LogP contribution in [-0.4, -0.2) is 30.9 Å². The van der Waals surface area contributed by atoms with Gasteiger partial charge < -0.3 is 14.8 Å². The highest BCUT2D eigenvalue weighted by Crippen LogP contribution is 2.40. The molecule has 0 aliphatic rings. The number of anilines is 1. The zero-order chi connectivity index (χ0) is 26.4. The Bertz CT molecular complexity index is 1290. The highest BCUT2D eigenvalue weighted by Gasteiger charge is 2.18. The average Bonchev–Trinajstić information content (AvgIpc) is 3.35. The van der Waals surface area contributed by atoms with Gasteiger partial charge in [0.1, 0.15) is 11.5 Å². The van der Waals surface area contributed by atoms with Gasteiger partial charge in [-0.1, -0.05) is 49.4 Å². The predicted molar refractivity (Wildman–Crippen MR) is 149 cm³/mol. The molecule has 0 saturated carbocycles. The summed E-state index contributed by atoms with van der Waals surface area (Å²) in [4.78, 5) is 31.0. The van der Waals surface area contributed by atoms with Crippen LogP contribution < -0.4 is 14.8 Å². The van der Waals surface area contributed by atoms with E-state index in [2.05, 4.69) is 19.2 Å². The minimum Gasteiger partial charge on any atom is -0.497 e. The molecule has 0 fully saturated rings. The standard InChI is InChI=1S/C30H30N2O4S/c1-19(2)20-5-7-21(8-6-20)26(33)17-18-27(34)31-30-32-28(22-9-13-24(35-3)14-10-22)29(37-30)23-11-15-25(36-4)16-12-23/h5-16,19H,17-18H2,1-4H3,(H,31,32,34). The molecule has 4 aromatic rings. The molecule has 0 saturated heterocycles. The molecule has 37 heavy (non-hydrogen) atoms. The number of rotatable bonds is 10. The average molecular weight is 515 g/mol. The normalized spacial score (nSPS) is 10.8. The summed E-state index contributed by atoms with van der Waals surface area (Å²) in [7, 11) is 3.25. The van der Waals surface area contributed by atoms with Crippen LogP contribution in [0.25, 0.3) is 21.7 Å². The molecule has 190 valence electrons. The number of thiazole rings is 1. The van der Waals surface area contributed by atoms with Gasteiger partial charge in [-0.05, 0) is 65.6 Å². The third-order valence-corrected chi connectivity index (χ3v) is 7.09. The fourth-order valence-electron chi connectivity index (χ4n) is 3.86. The van der Waals surface area contributed by atoms with Crippen LogP contribution in [0.15, 0.2) is 72.8 Å². The van der Waals surface area contributed by atoms with Crippen molar-refractivity contribution in [1.82, 2.24) is 4.98 Å². The van der Waals surface area contributed by atoms with Crippen molar-refractivity contribution in [3.05, 3.63) is 83.9 Å². The van der Waals surface area contributed by atoms with Crippen LogP contribution in [0, 0.1) is 0 Å². The number of ketones is 1. The van der Waals surface area contributed by atoms with Crippen LogP contribution in [0.1, 0.15) is 48.5 Å². The number of ether oxygens (including phenoxy) is 2. The van der Waals surface area contributed by atoms with Crippen molar-refractivity contribution in [2.45, 2.75) is 32.6 Å². The van der Waals surface area contributed by atoms with E-state index >= 15 is 0 Å². The molecule has 0 radical (unpaired) electrons. The third-order valence-electron chi connectivity index (χ3n) is 6.07. The number of aromatic nitrogens is 1. The van der Waals surface area contributed by atoms with Gasteiger partial charge in [-0.15, -0.1) is 0 Å². The van der Waals surface area contributed by atoms with E-state index < -0.39 is 0 Å². The number of nitrogens with one attached hydrogen (secondary N) is 1. The SMILES string of the molecule is COc1ccc(-c2nc(NC(=O)CCC(=O)c3ccc(C(C)C)cc3)sc2-c2ccc(OC)cc2)cc1. The first-order valence-corrected chi connectivity index (χ1v) is 12.9. The maximum Gasteiger partial charge on any atom is 0.226 e. The van der Waals surface area contributed by atoms with E-state index in [1.807, 2.05) is 72.8 Å². The molecular weight excluding hydrogens is 484 g/mol. The lowest BCUT2D eigenvalue weighted by Gasteiger charge is -2.06. The lowest BCUT2D eigenvalue weighted by molar-refractivity contribution is -0.116. The Kier molecular flexibility index (Phi) is 8.36. The topological polar surface area (TPSA) is 77.5 Å². The number of methoxy groups -OCH3 is 2. The van der Waals surface area contributed by atoms with E-state index in [1.165, 1.54) is 16.9 Å². The first-order valence-electron chi connectivity index (χ1n) is 12.1. The van der Waals surface area contributed by atoms with Gasteiger partial charge in [0.05, 0.1) is 24.8 Å². The molecule has 1 N–H and O–H groups in total. The Morgan fingerprint density at radius 3 is 1.92 bits per heavy atom. The molecule has 0 aliphatic carbocycles. The van der Waals surface area contributed by atoms with Gasteiger partial charge in [-0.25, -0.2) is 4.98 Å². The van der Waals surface area contributed by atoms with Crippen molar-refractivity contribution < 1.29 is 19.1 Å². The van der Waals surface area contributed by atoms with E-state index in [-0.39, 0.29) is 24.5 Å². The smallest absolute Gasteiger partial charge is 0.226 e. The summed E-state index contributed by atoms with van der Waals surface area (Å²) in [6.07, 6.45) is 0.217. The first kappa shape index (κ1) is 26.1. The number of benzene rings is 3. The Morgan fingerprint density at radius 2 is 1.38 bits per heavy atom. The second-order valence-electron chi connectivity index (χ2n) is 8.90. The Hall–Kier alpha value is -3.97. The minimum absolute atomic E-state index is 0.0533. The first-order chi connectivity index (χ1) is 17.9. The Labute approximate surface area is 221 Å². The molecule has 1 amide bonds. The van der Waals surface area contributed by atoms with E-state index in [9.17, 15) is 9.59 Å². The molecule has 0 unspecified atom stereocenters. The van der Waals surface area contributed by atoms with Gasteiger partial charge in [0.15, 0.2) is 10.9 Å². The van der Waals surface area contributed by atoms with Crippen molar-refractivity contribution in [2.75, 3.05) is 19.5 Å². The quantitative estimate of drug-likeness (QED) is 0.226. The summed E-state index contributed by atoms with van der Waals surface area (Å²) in [6, 6.07) is 23.0. The number of amides is 1. The second-order valence-corrected chi connectivity index (χ2v) is 9.90. The number of carbonyl (C=O) groups is 2. The maximum atomic E-state index is 12.7. The number of hydrogen-bond donors (Lipinski definition) is 1. The van der Waals surface area contributed by atoms with Crippen LogP contribution in [0.4, 0.5) is 5.13 Å². The highest BCUT2D eigenvalue weighted by molar-refractivity contribution is 7.19. The molecule has 4 rings (SSSR count). The van der Waals surface area contributed by atoms with Gasteiger partial charge in [-0.3, -0.25) is 9.59 Å². The number of nitrogens with zero attached hydrogens (tertiary/aromatic N) is 1. The van der Waals surface area contributed by atoms with Crippen LogP contribution >= 0.6 is 11.3 Å². The highest BCUT2D eigenvalue weighted by atomic mass is 32.1. The fourth-order valence-corrected chi connectivity index (χ4v) is 4.87. The molecule has 1 aromatic heterocycles. The third kappa shape index (κ3) is 6.43. The maximum absolute atomic E-state index is 12.7. The lowest BCUT2D eigenvalue weighted by atomic mass is 9.99. The van der Waals surface area contributed by atoms with Gasteiger partial charge in [0.2, 0.25) is 5.91 Å². The number of Topliss-reactive ketones (excluding diaryl/α,β-unsaturated/α-hetero) is 1. The monoisotopic (exact) mass is 514 g/mol. The fraction of sp³-hybridized carbons (Fsp3) is 0.233. The summed E-state index contributed by atoms with van der Waals surface area (Å²) in [5.74, 6) is 1.61. The molecule has 0 aliphatic heterocycles. The Morgan fingerprint density at radius 1 is 0.811 bits per heavy atom. The molecule has 0 bridgehead atoms. The predicted octanol–water partition coefficient (Wildman–Crippen LogP) is 7.22. The Balaban J connectivity index is 1.50. The number of hydrogen-bond acceptors (Lipinski definition) is 6. The second kappa shape index (κ2) is 11.8. The molecule has 3 aromatic carbocycles. The molecule has 0 spiro atoms. The van der Waals surface area contributed by atoms with Gasteiger partial charge >= 0.3 is 0 Å². The van der Waals surface area contributed by atoms with E-state index in [0.717, 1.165) is 33.2 Å². The summed E-state index contributed by atoms with van der Waals surface area (Å²) in [6.45, 7) is 4.22. The number of carbonyl (C=O) groups excluding carboxylic acids is 2. The van der Waals surface area contributed by atoms with Gasteiger partial charge in [0.25, 0.3) is 0 Å². The zero-order valence-electron chi connectivity index (χ0n) is 21.4. The molecule has 7 heteroatoms. The van der Waals surface area contributed by atoms with Crippen molar-refractivity contribution in [2.24, 2.45) is 0 Å². The van der Waals surface area contributed by atoms with E-state index in [1.54, 1.807) is 14.2 Å². The van der Waals surface area contributed by atoms with E-state index in [4.69, 9.17) is 14.5 Å². The summed E-state index contributed by atoms with van der Waals surface area (Å²) in [5, 5.41) is 3.37. The molecule has 0 atom stereocenters. The van der Waals surface area contributed by atoms with Crippen molar-refractivity contribution in [3.8, 4) is 33.2 Å². The zero-order valence-corrected chi connectivity index (χ0v) is 22.2. The molecular formula is C30H30N2O4S. The summed E-state index contributed by atoms with van der Waals surface area (Å²) in [5.41, 5.74) is 4.43. The van der Waals surface area contributed by atoms with Crippen molar-refractivity contribution in [1.29, 1.82) is 0 Å². The largest absolute Gasteiger partial charge is 0.497 e. The molecule has 1 heterocycles. The van der Waals surface area contributed by atoms with Crippen molar-refractivity contribution in [3.63, 3.8) is 0 Å². The van der Waals surface area contributed by atoms with Crippen LogP contribution in [-0.2, 0) is 4.79 Å². The van der Waals surface area contributed by atoms with Crippen LogP contribution in [0.2, 0.25) is 0 Å². The summed E-state index contributed by atoms with van der Waals surface area (Å²) >= 11 is 1.39. The van der Waals surface area contributed by atoms with Crippen LogP contribution in [0.3, 0.4) is 0 Å². The van der Waals surface area contributed by atoms with Gasteiger partial charge in [0, 0.05) is 24.0 Å². The summed E-state index contributed by atoms with van der Waals surface area (Å²) < 4.78 is 10.6. The molecule has 6 nitrogen and oxygen atoms in total. The van der Waals surface area contributed by atoms with Crippen LogP contribution in [0.5, 0.6) is 11.5 Å². The van der Waals surface area contributed by atoms with E-state index in [0.29, 0.717) is 16.6 Å². The minimum atomic E-state index is -0.247. The lowest BCUT2D eigenvalue weighted by Crippen LogP contribution is -2.13. The van der Waals surface area contributed by atoms with Gasteiger partial charge in [-0.2, -0.15) is 0 Å². The van der Waals surface area contributed by atoms with Crippen molar-refractivity contribution >= 4 is 28.2 Å².